The number of H-pyrrole nitrogens is 1. The van der Waals surface area contributed by atoms with E-state index < -0.39 is 0 Å². The molecule has 1 fully saturated rings. The molecule has 3 heterocycles. The van der Waals surface area contributed by atoms with Crippen LogP contribution in [0, 0.1) is 0 Å². The van der Waals surface area contributed by atoms with Crippen molar-refractivity contribution in [1.29, 1.82) is 0 Å². The van der Waals surface area contributed by atoms with Crippen LogP contribution in [0.15, 0.2) is 58.7 Å². The maximum atomic E-state index is 13.2. The van der Waals surface area contributed by atoms with Crippen LogP contribution in [0.5, 0.6) is 0 Å². The fraction of sp³-hybridized carbons (Fsp3) is 0.333. The first-order chi connectivity index (χ1) is 18.9. The van der Waals surface area contributed by atoms with E-state index in [1.54, 1.807) is 51.1 Å². The first-order valence-electron chi connectivity index (χ1n) is 12.7. The van der Waals surface area contributed by atoms with Gasteiger partial charge in [0.2, 0.25) is 0 Å². The molecule has 204 valence electrons. The van der Waals surface area contributed by atoms with E-state index in [4.69, 9.17) is 16.3 Å². The third-order valence-electron chi connectivity index (χ3n) is 6.77. The molecule has 0 bridgehead atoms. The Hall–Kier alpha value is -3.67. The van der Waals surface area contributed by atoms with Gasteiger partial charge in [-0.15, -0.1) is 11.3 Å². The Morgan fingerprint density at radius 1 is 1.21 bits per heavy atom. The number of amides is 3. The zero-order chi connectivity index (χ0) is 27.4. The smallest absolute Gasteiger partial charge is 0.326 e. The van der Waals surface area contributed by atoms with Gasteiger partial charge >= 0.3 is 11.7 Å². The average Bonchev–Trinajstić information content (AvgIpc) is 3.54. The molecule has 0 unspecified atom stereocenters. The number of urea groups is 1. The summed E-state index contributed by atoms with van der Waals surface area (Å²) in [6.45, 7) is 2.01. The molecule has 1 aliphatic heterocycles. The van der Waals surface area contributed by atoms with Crippen molar-refractivity contribution in [2.45, 2.75) is 25.4 Å². The summed E-state index contributed by atoms with van der Waals surface area (Å²) >= 11 is 7.38. The Balaban J connectivity index is 1.21. The number of likely N-dealkylation sites (tertiary alicyclic amines) is 1. The number of aromatic amines is 1. The third-order valence-corrected chi connectivity index (χ3v) is 7.83. The summed E-state index contributed by atoms with van der Waals surface area (Å²) in [6, 6.07) is 14.3. The molecule has 5 rings (SSSR count). The van der Waals surface area contributed by atoms with Crippen LogP contribution < -0.4 is 11.0 Å². The fourth-order valence-electron chi connectivity index (χ4n) is 4.79. The van der Waals surface area contributed by atoms with Crippen molar-refractivity contribution in [2.24, 2.45) is 0 Å². The molecule has 2 aromatic heterocycles. The predicted molar refractivity (Wildman–Crippen MR) is 152 cm³/mol. The number of benzene rings is 2. The molecule has 12 heteroatoms. The number of nitrogens with zero attached hydrogens (tertiary/aromatic N) is 4. The summed E-state index contributed by atoms with van der Waals surface area (Å²) in [4.78, 5) is 49.6. The summed E-state index contributed by atoms with van der Waals surface area (Å²) in [5.74, 6) is -0.144. The Morgan fingerprint density at radius 3 is 2.77 bits per heavy atom. The maximum absolute atomic E-state index is 13.2. The summed E-state index contributed by atoms with van der Waals surface area (Å²) in [5.41, 5.74) is 2.52. The highest BCUT2D eigenvalue weighted by molar-refractivity contribution is 7.09. The summed E-state index contributed by atoms with van der Waals surface area (Å²) in [5, 5.41) is 5.75. The lowest BCUT2D eigenvalue weighted by molar-refractivity contribution is 0.0689. The van der Waals surface area contributed by atoms with Gasteiger partial charge in [-0.2, -0.15) is 0 Å². The lowest BCUT2D eigenvalue weighted by atomic mass is 10.0. The van der Waals surface area contributed by atoms with Gasteiger partial charge in [-0.3, -0.25) is 9.36 Å². The lowest BCUT2D eigenvalue weighted by Crippen LogP contribution is -2.40. The van der Waals surface area contributed by atoms with Crippen molar-refractivity contribution in [1.82, 2.24) is 24.3 Å². The molecule has 0 radical (unpaired) electrons. The molecular formula is C27H29ClN6O4S. The molecule has 10 nitrogen and oxygen atoms in total. The van der Waals surface area contributed by atoms with Gasteiger partial charge in [-0.1, -0.05) is 29.8 Å². The van der Waals surface area contributed by atoms with Crippen LogP contribution in [0.3, 0.4) is 0 Å². The van der Waals surface area contributed by atoms with Gasteiger partial charge < -0.3 is 24.8 Å². The molecule has 0 saturated carbocycles. The number of carbonyl (C=O) groups excluding carboxylic acids is 2. The second-order valence-electron chi connectivity index (χ2n) is 9.32. The number of aromatic nitrogens is 3. The fourth-order valence-corrected chi connectivity index (χ4v) is 5.77. The quantitative estimate of drug-likeness (QED) is 0.323. The van der Waals surface area contributed by atoms with Crippen LogP contribution in [-0.2, 0) is 11.3 Å². The zero-order valence-corrected chi connectivity index (χ0v) is 23.0. The van der Waals surface area contributed by atoms with Gasteiger partial charge in [0.15, 0.2) is 0 Å². The first kappa shape index (κ1) is 26.9. The largest absolute Gasteiger partial charge is 0.383 e. The van der Waals surface area contributed by atoms with Crippen LogP contribution in [0.1, 0.15) is 34.4 Å². The number of ether oxygens (including phenoxy) is 1. The van der Waals surface area contributed by atoms with Crippen molar-refractivity contribution >= 4 is 51.6 Å². The molecule has 3 amide bonds. The van der Waals surface area contributed by atoms with Crippen molar-refractivity contribution in [2.75, 3.05) is 38.7 Å². The number of anilines is 1. The van der Waals surface area contributed by atoms with E-state index in [1.807, 2.05) is 24.3 Å². The summed E-state index contributed by atoms with van der Waals surface area (Å²) < 4.78 is 6.98. The molecule has 0 spiro atoms. The number of methoxy groups -OCH3 is 1. The Morgan fingerprint density at radius 2 is 2.00 bits per heavy atom. The highest BCUT2D eigenvalue weighted by Gasteiger charge is 2.28. The van der Waals surface area contributed by atoms with Gasteiger partial charge in [0, 0.05) is 48.9 Å². The van der Waals surface area contributed by atoms with Crippen LogP contribution in [0.25, 0.3) is 11.0 Å². The molecule has 2 N–H and O–H groups in total. The van der Waals surface area contributed by atoms with Gasteiger partial charge in [-0.25, -0.2) is 14.6 Å². The van der Waals surface area contributed by atoms with E-state index in [0.717, 1.165) is 11.0 Å². The van der Waals surface area contributed by atoms with Crippen LogP contribution in [0.4, 0.5) is 10.5 Å². The van der Waals surface area contributed by atoms with Crippen molar-refractivity contribution in [3.05, 3.63) is 80.1 Å². The maximum Gasteiger partial charge on any atom is 0.326 e. The van der Waals surface area contributed by atoms with E-state index in [-0.39, 0.29) is 30.2 Å². The Bertz CT molecular complexity index is 1520. The van der Waals surface area contributed by atoms with Gasteiger partial charge in [0.1, 0.15) is 10.7 Å². The number of fused-ring (bicyclic) bond motifs is 1. The summed E-state index contributed by atoms with van der Waals surface area (Å²) in [7, 11) is 1.57. The van der Waals surface area contributed by atoms with E-state index in [0.29, 0.717) is 60.5 Å². The number of halogens is 1. The van der Waals surface area contributed by atoms with Crippen LogP contribution in [0.2, 0.25) is 5.02 Å². The van der Waals surface area contributed by atoms with E-state index >= 15 is 0 Å². The van der Waals surface area contributed by atoms with Crippen molar-refractivity contribution in [3.63, 3.8) is 0 Å². The SMILES string of the molecule is COCCN(Cc1nc(C(=O)N2CCC(n3c(=O)[nH]c4ccccc43)CC2)cs1)C(=O)Nc1cccc(Cl)c1. The molecule has 2 aromatic carbocycles. The molecule has 4 aromatic rings. The molecule has 39 heavy (non-hydrogen) atoms. The highest BCUT2D eigenvalue weighted by Crippen LogP contribution is 2.26. The number of imidazole rings is 1. The second-order valence-corrected chi connectivity index (χ2v) is 10.7. The minimum absolute atomic E-state index is 0.0241. The number of rotatable bonds is 8. The monoisotopic (exact) mass is 568 g/mol. The molecule has 0 atom stereocenters. The number of carbonyl (C=O) groups is 2. The van der Waals surface area contributed by atoms with Gasteiger partial charge in [-0.05, 0) is 43.2 Å². The molecule has 1 saturated heterocycles. The topological polar surface area (TPSA) is 113 Å². The zero-order valence-electron chi connectivity index (χ0n) is 21.4. The number of piperidine rings is 1. The van der Waals surface area contributed by atoms with Crippen LogP contribution >= 0.6 is 22.9 Å². The number of para-hydroxylation sites is 2. The normalized spacial score (nSPS) is 14.1. The lowest BCUT2D eigenvalue weighted by Gasteiger charge is -2.32. The minimum Gasteiger partial charge on any atom is -0.383 e. The Labute approximate surface area is 234 Å². The highest BCUT2D eigenvalue weighted by atomic mass is 35.5. The van der Waals surface area contributed by atoms with Gasteiger partial charge in [0.05, 0.1) is 24.2 Å². The minimum atomic E-state index is -0.313. The number of hydrogen-bond acceptors (Lipinski definition) is 6. The van der Waals surface area contributed by atoms with Crippen molar-refractivity contribution < 1.29 is 14.3 Å². The van der Waals surface area contributed by atoms with Crippen LogP contribution in [-0.4, -0.2) is 69.6 Å². The van der Waals surface area contributed by atoms with E-state index in [2.05, 4.69) is 15.3 Å². The molecule has 1 aliphatic rings. The third kappa shape index (κ3) is 6.16. The second kappa shape index (κ2) is 12.0. The Kier molecular flexibility index (Phi) is 8.30. The summed E-state index contributed by atoms with van der Waals surface area (Å²) in [6.07, 6.45) is 1.36. The molecular weight excluding hydrogens is 540 g/mol. The van der Waals surface area contributed by atoms with Crippen molar-refractivity contribution in [3.8, 4) is 0 Å². The number of hydrogen-bond donors (Lipinski definition) is 2. The standard InChI is InChI=1S/C27H29ClN6O4S/c1-38-14-13-33(26(36)29-19-6-4-5-18(28)15-19)16-24-30-22(17-39-24)25(35)32-11-9-20(10-12-32)34-23-8-3-2-7-21(23)31-27(34)37/h2-8,15,17,20H,9-14,16H2,1H3,(H,29,36)(H,31,37). The van der Waals surface area contributed by atoms with Gasteiger partial charge in [0.25, 0.3) is 5.91 Å². The van der Waals surface area contributed by atoms with E-state index in [1.165, 1.54) is 11.3 Å². The predicted octanol–water partition coefficient (Wildman–Crippen LogP) is 4.60. The first-order valence-corrected chi connectivity index (χ1v) is 13.9. The average molecular weight is 569 g/mol. The number of nitrogens with one attached hydrogen (secondary N) is 2. The molecule has 0 aliphatic carbocycles. The van der Waals surface area contributed by atoms with E-state index in [9.17, 15) is 14.4 Å². The number of thiazole rings is 1.